The van der Waals surface area contributed by atoms with Gasteiger partial charge in [-0.3, -0.25) is 4.98 Å². The molecular weight excluding hydrogens is 200 g/mol. The Morgan fingerprint density at radius 1 is 1.38 bits per heavy atom. The molecule has 16 heavy (non-hydrogen) atoms. The molecule has 0 radical (unpaired) electrons. The molecule has 0 aliphatic heterocycles. The van der Waals surface area contributed by atoms with Gasteiger partial charge in [0.25, 0.3) is 0 Å². The highest BCUT2D eigenvalue weighted by atomic mass is 15.2. The predicted molar refractivity (Wildman–Crippen MR) is 64.6 cm³/mol. The summed E-state index contributed by atoms with van der Waals surface area (Å²) in [6, 6.07) is 6.14. The summed E-state index contributed by atoms with van der Waals surface area (Å²) in [4.78, 5) is 8.76. The number of nitrogens with zero attached hydrogens (tertiary/aromatic N) is 3. The maximum absolute atomic E-state index is 4.40. The standard InChI is InChI=1S/C12H16N4/c1-9-8-16(12(13-3)15-9)10(2)11-6-4-5-7-14-11/h4-8,10H,1-3H3,(H,13,15). The minimum atomic E-state index is 0.185. The molecule has 2 heterocycles. The van der Waals surface area contributed by atoms with Crippen LogP contribution in [0.5, 0.6) is 0 Å². The highest BCUT2D eigenvalue weighted by Gasteiger charge is 2.13. The maximum Gasteiger partial charge on any atom is 0.203 e. The number of nitrogens with one attached hydrogen (secondary N) is 1. The summed E-state index contributed by atoms with van der Waals surface area (Å²) in [5.74, 6) is 0.871. The van der Waals surface area contributed by atoms with Gasteiger partial charge in [0.05, 0.1) is 17.4 Å². The Kier molecular flexibility index (Phi) is 2.90. The smallest absolute Gasteiger partial charge is 0.203 e. The van der Waals surface area contributed by atoms with E-state index in [9.17, 15) is 0 Å². The van der Waals surface area contributed by atoms with Crippen LogP contribution in [0.4, 0.5) is 5.95 Å². The van der Waals surface area contributed by atoms with Crippen LogP contribution in [0.15, 0.2) is 30.6 Å². The molecule has 0 fully saturated rings. The van der Waals surface area contributed by atoms with Crippen molar-refractivity contribution in [1.29, 1.82) is 0 Å². The fourth-order valence-electron chi connectivity index (χ4n) is 1.76. The Bertz CT molecular complexity index is 461. The zero-order valence-electron chi connectivity index (χ0n) is 9.81. The van der Waals surface area contributed by atoms with Crippen LogP contribution in [0, 0.1) is 6.92 Å². The Labute approximate surface area is 95.4 Å². The summed E-state index contributed by atoms with van der Waals surface area (Å²) in [5.41, 5.74) is 2.04. The first-order chi connectivity index (χ1) is 7.72. The monoisotopic (exact) mass is 216 g/mol. The molecule has 0 bridgehead atoms. The van der Waals surface area contributed by atoms with Gasteiger partial charge in [0.1, 0.15) is 0 Å². The van der Waals surface area contributed by atoms with Crippen LogP contribution >= 0.6 is 0 Å². The molecule has 0 aliphatic carbocycles. The third kappa shape index (κ3) is 1.91. The van der Waals surface area contributed by atoms with Crippen molar-refractivity contribution in [1.82, 2.24) is 14.5 Å². The van der Waals surface area contributed by atoms with E-state index < -0.39 is 0 Å². The van der Waals surface area contributed by atoms with Gasteiger partial charge in [-0.25, -0.2) is 4.98 Å². The predicted octanol–water partition coefficient (Wildman–Crippen LogP) is 2.24. The second-order valence-corrected chi connectivity index (χ2v) is 3.79. The molecule has 4 nitrogen and oxygen atoms in total. The lowest BCUT2D eigenvalue weighted by Gasteiger charge is -2.15. The Morgan fingerprint density at radius 3 is 2.81 bits per heavy atom. The zero-order valence-corrected chi connectivity index (χ0v) is 9.81. The van der Waals surface area contributed by atoms with E-state index in [-0.39, 0.29) is 6.04 Å². The molecule has 84 valence electrons. The second kappa shape index (κ2) is 4.35. The van der Waals surface area contributed by atoms with Gasteiger partial charge in [-0.05, 0) is 26.0 Å². The number of imidazole rings is 1. The first kappa shape index (κ1) is 10.7. The van der Waals surface area contributed by atoms with Gasteiger partial charge >= 0.3 is 0 Å². The minimum Gasteiger partial charge on any atom is -0.359 e. The van der Waals surface area contributed by atoms with Crippen molar-refractivity contribution in [3.63, 3.8) is 0 Å². The van der Waals surface area contributed by atoms with E-state index in [2.05, 4.69) is 26.8 Å². The van der Waals surface area contributed by atoms with Crippen molar-refractivity contribution >= 4 is 5.95 Å². The molecule has 1 unspecified atom stereocenters. The van der Waals surface area contributed by atoms with E-state index in [1.165, 1.54) is 0 Å². The number of pyridine rings is 1. The van der Waals surface area contributed by atoms with Gasteiger partial charge < -0.3 is 9.88 Å². The molecule has 2 aromatic heterocycles. The summed E-state index contributed by atoms with van der Waals surface area (Å²) in [6.07, 6.45) is 3.85. The van der Waals surface area contributed by atoms with Crippen molar-refractivity contribution in [2.75, 3.05) is 12.4 Å². The normalized spacial score (nSPS) is 12.4. The van der Waals surface area contributed by atoms with Gasteiger partial charge in [-0.1, -0.05) is 6.07 Å². The van der Waals surface area contributed by atoms with Gasteiger partial charge in [0.15, 0.2) is 0 Å². The number of hydrogen-bond donors (Lipinski definition) is 1. The molecule has 0 aliphatic rings. The zero-order chi connectivity index (χ0) is 11.5. The number of anilines is 1. The topological polar surface area (TPSA) is 42.7 Å². The summed E-state index contributed by atoms with van der Waals surface area (Å²) in [5, 5.41) is 3.09. The highest BCUT2D eigenvalue weighted by Crippen LogP contribution is 2.20. The summed E-state index contributed by atoms with van der Waals surface area (Å²) < 4.78 is 2.09. The lowest BCUT2D eigenvalue weighted by molar-refractivity contribution is 0.626. The molecule has 1 N–H and O–H groups in total. The van der Waals surface area contributed by atoms with Crippen molar-refractivity contribution in [3.8, 4) is 0 Å². The largest absolute Gasteiger partial charge is 0.359 e. The molecule has 0 spiro atoms. The third-order valence-corrected chi connectivity index (χ3v) is 2.61. The lowest BCUT2D eigenvalue weighted by atomic mass is 10.2. The van der Waals surface area contributed by atoms with E-state index >= 15 is 0 Å². The molecule has 0 aromatic carbocycles. The van der Waals surface area contributed by atoms with Crippen LogP contribution in [0.2, 0.25) is 0 Å². The Balaban J connectivity index is 2.37. The third-order valence-electron chi connectivity index (χ3n) is 2.61. The molecule has 1 atom stereocenters. The first-order valence-electron chi connectivity index (χ1n) is 5.36. The van der Waals surface area contributed by atoms with Crippen LogP contribution in [-0.4, -0.2) is 21.6 Å². The van der Waals surface area contributed by atoms with Crippen LogP contribution < -0.4 is 5.32 Å². The van der Waals surface area contributed by atoms with E-state index in [1.807, 2.05) is 44.6 Å². The summed E-state index contributed by atoms with van der Waals surface area (Å²) in [7, 11) is 1.88. The summed E-state index contributed by atoms with van der Waals surface area (Å²) in [6.45, 7) is 4.10. The van der Waals surface area contributed by atoms with Gasteiger partial charge in [0, 0.05) is 19.4 Å². The van der Waals surface area contributed by atoms with Crippen LogP contribution in [0.1, 0.15) is 24.4 Å². The van der Waals surface area contributed by atoms with Gasteiger partial charge in [-0.15, -0.1) is 0 Å². The fraction of sp³-hybridized carbons (Fsp3) is 0.333. The lowest BCUT2D eigenvalue weighted by Crippen LogP contribution is -2.10. The molecule has 0 saturated heterocycles. The number of aryl methyl sites for hydroxylation is 1. The SMILES string of the molecule is CNc1nc(C)cn1C(C)c1ccccn1. The number of hydrogen-bond acceptors (Lipinski definition) is 3. The minimum absolute atomic E-state index is 0.185. The Morgan fingerprint density at radius 2 is 2.19 bits per heavy atom. The molecule has 4 heteroatoms. The van der Waals surface area contributed by atoms with E-state index in [1.54, 1.807) is 0 Å². The Hall–Kier alpha value is -1.84. The number of aromatic nitrogens is 3. The molecular formula is C12H16N4. The molecule has 0 amide bonds. The van der Waals surface area contributed by atoms with E-state index in [0.29, 0.717) is 0 Å². The van der Waals surface area contributed by atoms with E-state index in [0.717, 1.165) is 17.3 Å². The van der Waals surface area contributed by atoms with Crippen molar-refractivity contribution in [3.05, 3.63) is 42.0 Å². The summed E-state index contributed by atoms with van der Waals surface area (Å²) >= 11 is 0. The maximum atomic E-state index is 4.40. The van der Waals surface area contributed by atoms with Gasteiger partial charge in [-0.2, -0.15) is 0 Å². The molecule has 0 saturated carbocycles. The van der Waals surface area contributed by atoms with Crippen molar-refractivity contribution in [2.24, 2.45) is 0 Å². The first-order valence-corrected chi connectivity index (χ1v) is 5.36. The quantitative estimate of drug-likeness (QED) is 0.855. The van der Waals surface area contributed by atoms with Crippen LogP contribution in [-0.2, 0) is 0 Å². The average molecular weight is 216 g/mol. The fourth-order valence-corrected chi connectivity index (χ4v) is 1.76. The van der Waals surface area contributed by atoms with Gasteiger partial charge in [0.2, 0.25) is 5.95 Å². The van der Waals surface area contributed by atoms with Crippen molar-refractivity contribution in [2.45, 2.75) is 19.9 Å². The van der Waals surface area contributed by atoms with E-state index in [4.69, 9.17) is 0 Å². The average Bonchev–Trinajstić information content (AvgIpc) is 2.70. The van der Waals surface area contributed by atoms with Crippen LogP contribution in [0.3, 0.4) is 0 Å². The number of rotatable bonds is 3. The van der Waals surface area contributed by atoms with Crippen LogP contribution in [0.25, 0.3) is 0 Å². The van der Waals surface area contributed by atoms with Crippen molar-refractivity contribution < 1.29 is 0 Å². The highest BCUT2D eigenvalue weighted by molar-refractivity contribution is 5.30. The second-order valence-electron chi connectivity index (χ2n) is 3.79. The molecule has 2 aromatic rings. The molecule has 2 rings (SSSR count).